The van der Waals surface area contributed by atoms with Crippen LogP contribution in [0.2, 0.25) is 5.02 Å². The Kier molecular flexibility index (Phi) is 5.19. The second-order valence-corrected chi connectivity index (χ2v) is 5.12. The van der Waals surface area contributed by atoms with Crippen molar-refractivity contribution in [1.29, 1.82) is 0 Å². The van der Waals surface area contributed by atoms with Crippen molar-refractivity contribution in [2.24, 2.45) is 0 Å². The second kappa shape index (κ2) is 6.89. The SMILES string of the molecule is COC(=O)C(CN1CCNCC1)c1cccc(Cl)c1. The minimum Gasteiger partial charge on any atom is -0.469 e. The Morgan fingerprint density at radius 2 is 2.21 bits per heavy atom. The Bertz CT molecular complexity index is 433. The van der Waals surface area contributed by atoms with Gasteiger partial charge in [0.25, 0.3) is 0 Å². The highest BCUT2D eigenvalue weighted by Crippen LogP contribution is 2.22. The fraction of sp³-hybridized carbons (Fsp3) is 0.500. The molecule has 0 aromatic heterocycles. The van der Waals surface area contributed by atoms with E-state index in [0.29, 0.717) is 11.6 Å². The third-order valence-electron chi connectivity index (χ3n) is 3.39. The predicted octanol–water partition coefficient (Wildman–Crippen LogP) is 1.50. The summed E-state index contributed by atoms with van der Waals surface area (Å²) >= 11 is 6.00. The quantitative estimate of drug-likeness (QED) is 0.850. The van der Waals surface area contributed by atoms with E-state index in [1.165, 1.54) is 7.11 Å². The van der Waals surface area contributed by atoms with Gasteiger partial charge < -0.3 is 10.1 Å². The first-order chi connectivity index (χ1) is 9.20. The van der Waals surface area contributed by atoms with Crippen LogP contribution in [0.3, 0.4) is 0 Å². The number of ether oxygens (including phenoxy) is 1. The van der Waals surface area contributed by atoms with Crippen molar-refractivity contribution in [2.45, 2.75) is 5.92 Å². The highest BCUT2D eigenvalue weighted by atomic mass is 35.5. The van der Waals surface area contributed by atoms with E-state index in [9.17, 15) is 4.79 Å². The first-order valence-corrected chi connectivity index (χ1v) is 6.85. The number of hydrogen-bond acceptors (Lipinski definition) is 4. The number of rotatable bonds is 4. The molecule has 1 aromatic carbocycles. The Morgan fingerprint density at radius 1 is 1.47 bits per heavy atom. The molecule has 0 aliphatic carbocycles. The maximum absolute atomic E-state index is 12.0. The van der Waals surface area contributed by atoms with Crippen molar-refractivity contribution in [2.75, 3.05) is 39.8 Å². The van der Waals surface area contributed by atoms with E-state index < -0.39 is 0 Å². The maximum Gasteiger partial charge on any atom is 0.314 e. The van der Waals surface area contributed by atoms with Gasteiger partial charge in [-0.05, 0) is 17.7 Å². The van der Waals surface area contributed by atoms with Crippen LogP contribution in [0.5, 0.6) is 0 Å². The fourth-order valence-corrected chi connectivity index (χ4v) is 2.53. The summed E-state index contributed by atoms with van der Waals surface area (Å²) in [6.45, 7) is 4.50. The van der Waals surface area contributed by atoms with Gasteiger partial charge >= 0.3 is 5.97 Å². The van der Waals surface area contributed by atoms with Crippen LogP contribution in [0.4, 0.5) is 0 Å². The summed E-state index contributed by atoms with van der Waals surface area (Å²) in [5, 5.41) is 3.95. The molecule has 1 aromatic rings. The molecule has 0 radical (unpaired) electrons. The van der Waals surface area contributed by atoms with Crippen molar-refractivity contribution in [3.63, 3.8) is 0 Å². The molecule has 19 heavy (non-hydrogen) atoms. The molecule has 0 bridgehead atoms. The van der Waals surface area contributed by atoms with Crippen LogP contribution in [0.1, 0.15) is 11.5 Å². The van der Waals surface area contributed by atoms with Crippen LogP contribution in [-0.2, 0) is 9.53 Å². The molecule has 5 heteroatoms. The van der Waals surface area contributed by atoms with Crippen LogP contribution < -0.4 is 5.32 Å². The van der Waals surface area contributed by atoms with E-state index in [1.54, 1.807) is 0 Å². The van der Waals surface area contributed by atoms with Crippen LogP contribution in [0, 0.1) is 0 Å². The molecule has 1 unspecified atom stereocenters. The first-order valence-electron chi connectivity index (χ1n) is 6.47. The monoisotopic (exact) mass is 282 g/mol. The van der Waals surface area contributed by atoms with E-state index in [4.69, 9.17) is 16.3 Å². The molecule has 104 valence electrons. The van der Waals surface area contributed by atoms with E-state index in [0.717, 1.165) is 31.7 Å². The largest absolute Gasteiger partial charge is 0.469 e. The molecule has 0 spiro atoms. The Hall–Kier alpha value is -1.10. The van der Waals surface area contributed by atoms with Gasteiger partial charge in [-0.3, -0.25) is 9.69 Å². The number of nitrogens with zero attached hydrogens (tertiary/aromatic N) is 1. The number of halogens is 1. The summed E-state index contributed by atoms with van der Waals surface area (Å²) in [6, 6.07) is 7.44. The molecular formula is C14H19ClN2O2. The molecular weight excluding hydrogens is 264 g/mol. The summed E-state index contributed by atoms with van der Waals surface area (Å²) in [5.41, 5.74) is 0.915. The Balaban J connectivity index is 2.13. The third kappa shape index (κ3) is 3.93. The molecule has 4 nitrogen and oxygen atoms in total. The van der Waals surface area contributed by atoms with Crippen molar-refractivity contribution >= 4 is 17.6 Å². The fourth-order valence-electron chi connectivity index (χ4n) is 2.33. The van der Waals surface area contributed by atoms with Gasteiger partial charge in [0.15, 0.2) is 0 Å². The Labute approximate surface area is 118 Å². The summed E-state index contributed by atoms with van der Waals surface area (Å²) in [5.74, 6) is -0.484. The third-order valence-corrected chi connectivity index (χ3v) is 3.62. The number of carbonyl (C=O) groups is 1. The van der Waals surface area contributed by atoms with Crippen LogP contribution >= 0.6 is 11.6 Å². The summed E-state index contributed by atoms with van der Waals surface area (Å²) in [6.07, 6.45) is 0. The van der Waals surface area contributed by atoms with Crippen molar-refractivity contribution in [1.82, 2.24) is 10.2 Å². The van der Waals surface area contributed by atoms with Gasteiger partial charge in [0.05, 0.1) is 13.0 Å². The molecule has 1 saturated heterocycles. The zero-order valence-electron chi connectivity index (χ0n) is 11.1. The zero-order valence-corrected chi connectivity index (χ0v) is 11.8. The van der Waals surface area contributed by atoms with Crippen molar-refractivity contribution in [3.8, 4) is 0 Å². The van der Waals surface area contributed by atoms with Crippen LogP contribution in [-0.4, -0.2) is 50.7 Å². The first kappa shape index (κ1) is 14.3. The van der Waals surface area contributed by atoms with Crippen molar-refractivity contribution < 1.29 is 9.53 Å². The summed E-state index contributed by atoms with van der Waals surface area (Å²) in [4.78, 5) is 14.3. The number of piperazine rings is 1. The number of methoxy groups -OCH3 is 1. The maximum atomic E-state index is 12.0. The second-order valence-electron chi connectivity index (χ2n) is 4.68. The smallest absolute Gasteiger partial charge is 0.314 e. The minimum atomic E-state index is -0.276. The van der Waals surface area contributed by atoms with Gasteiger partial charge in [0, 0.05) is 37.7 Å². The zero-order chi connectivity index (χ0) is 13.7. The molecule has 1 heterocycles. The topological polar surface area (TPSA) is 41.6 Å². The minimum absolute atomic E-state index is 0.208. The van der Waals surface area contributed by atoms with Gasteiger partial charge in [-0.2, -0.15) is 0 Å². The molecule has 0 saturated carbocycles. The van der Waals surface area contributed by atoms with E-state index in [-0.39, 0.29) is 11.9 Å². The molecule has 1 fully saturated rings. The number of hydrogen-bond donors (Lipinski definition) is 1. The highest BCUT2D eigenvalue weighted by Gasteiger charge is 2.25. The van der Waals surface area contributed by atoms with Crippen LogP contribution in [0.25, 0.3) is 0 Å². The molecule has 2 rings (SSSR count). The van der Waals surface area contributed by atoms with E-state index >= 15 is 0 Å². The number of esters is 1. The summed E-state index contributed by atoms with van der Waals surface area (Å²) in [7, 11) is 1.43. The van der Waals surface area contributed by atoms with Crippen molar-refractivity contribution in [3.05, 3.63) is 34.9 Å². The standard InChI is InChI=1S/C14H19ClN2O2/c1-19-14(18)13(10-17-7-5-16-6-8-17)11-3-2-4-12(15)9-11/h2-4,9,13,16H,5-8,10H2,1H3. The van der Waals surface area contributed by atoms with Gasteiger partial charge in [-0.25, -0.2) is 0 Å². The predicted molar refractivity (Wildman–Crippen MR) is 75.5 cm³/mol. The van der Waals surface area contributed by atoms with Gasteiger partial charge in [0.2, 0.25) is 0 Å². The lowest BCUT2D eigenvalue weighted by Gasteiger charge is -2.30. The number of benzene rings is 1. The van der Waals surface area contributed by atoms with Gasteiger partial charge in [-0.15, -0.1) is 0 Å². The average molecular weight is 283 g/mol. The van der Waals surface area contributed by atoms with Gasteiger partial charge in [-0.1, -0.05) is 23.7 Å². The molecule has 0 amide bonds. The lowest BCUT2D eigenvalue weighted by molar-refractivity contribution is -0.143. The molecule has 1 aliphatic heterocycles. The van der Waals surface area contributed by atoms with E-state index in [1.807, 2.05) is 24.3 Å². The highest BCUT2D eigenvalue weighted by molar-refractivity contribution is 6.30. The molecule has 1 aliphatic rings. The Morgan fingerprint density at radius 3 is 2.84 bits per heavy atom. The normalized spacial score (nSPS) is 18.0. The van der Waals surface area contributed by atoms with Gasteiger partial charge in [0.1, 0.15) is 0 Å². The lowest BCUT2D eigenvalue weighted by atomic mass is 9.98. The summed E-state index contributed by atoms with van der Waals surface area (Å²) < 4.78 is 4.92. The lowest BCUT2D eigenvalue weighted by Crippen LogP contribution is -2.45. The molecule has 1 atom stereocenters. The van der Waals surface area contributed by atoms with Crippen LogP contribution in [0.15, 0.2) is 24.3 Å². The average Bonchev–Trinajstić information content (AvgIpc) is 2.45. The number of nitrogens with one attached hydrogen (secondary N) is 1. The van der Waals surface area contributed by atoms with E-state index in [2.05, 4.69) is 10.2 Å². The molecule has 1 N–H and O–H groups in total. The number of carbonyl (C=O) groups excluding carboxylic acids is 1.